The van der Waals surface area contributed by atoms with Gasteiger partial charge in [0.2, 0.25) is 0 Å². The van der Waals surface area contributed by atoms with E-state index in [2.05, 4.69) is 0 Å². The Morgan fingerprint density at radius 3 is 2.29 bits per heavy atom. The Balaban J connectivity index is 3.39. The molecule has 0 aromatic heterocycles. The molecule has 78 valence electrons. The topological polar surface area (TPSA) is 38.7 Å². The van der Waals surface area contributed by atoms with Gasteiger partial charge < -0.3 is 14.6 Å². The van der Waals surface area contributed by atoms with Gasteiger partial charge in [0, 0.05) is 11.1 Å². The molecule has 1 aromatic carbocycles. The number of hydrogen-bond acceptors (Lipinski definition) is 3. The maximum absolute atomic E-state index is 9.58. The molecule has 0 saturated carbocycles. The lowest BCUT2D eigenvalue weighted by Crippen LogP contribution is -1.96. The first-order valence-corrected chi connectivity index (χ1v) is 4.68. The summed E-state index contributed by atoms with van der Waals surface area (Å²) in [6.07, 6.45) is 0. The fourth-order valence-corrected chi connectivity index (χ4v) is 1.67. The normalized spacial score (nSPS) is 10.0. The second-order valence-electron chi connectivity index (χ2n) is 2.88. The minimum Gasteiger partial charge on any atom is -0.504 e. The highest BCUT2D eigenvalue weighted by Gasteiger charge is 2.15. The van der Waals surface area contributed by atoms with E-state index in [1.807, 2.05) is 6.92 Å². The van der Waals surface area contributed by atoms with Crippen LogP contribution >= 0.6 is 11.6 Å². The molecule has 4 heteroatoms. The average molecular weight is 217 g/mol. The van der Waals surface area contributed by atoms with E-state index in [1.54, 1.807) is 13.2 Å². The van der Waals surface area contributed by atoms with Gasteiger partial charge in [-0.1, -0.05) is 0 Å². The second kappa shape index (κ2) is 4.42. The van der Waals surface area contributed by atoms with Crippen molar-refractivity contribution in [3.8, 4) is 17.2 Å². The van der Waals surface area contributed by atoms with Gasteiger partial charge in [-0.05, 0) is 13.0 Å². The van der Waals surface area contributed by atoms with Gasteiger partial charge in [0.25, 0.3) is 0 Å². The van der Waals surface area contributed by atoms with Gasteiger partial charge in [-0.25, -0.2) is 0 Å². The fourth-order valence-electron chi connectivity index (χ4n) is 1.47. The molecule has 0 unspecified atom stereocenters. The smallest absolute Gasteiger partial charge is 0.167 e. The van der Waals surface area contributed by atoms with E-state index < -0.39 is 0 Å². The van der Waals surface area contributed by atoms with Crippen molar-refractivity contribution in [1.29, 1.82) is 0 Å². The van der Waals surface area contributed by atoms with E-state index in [-0.39, 0.29) is 5.75 Å². The van der Waals surface area contributed by atoms with Crippen LogP contribution in [0.2, 0.25) is 0 Å². The Labute approximate surface area is 88.2 Å². The van der Waals surface area contributed by atoms with E-state index in [1.165, 1.54) is 7.11 Å². The maximum atomic E-state index is 9.58. The molecule has 0 bridgehead atoms. The van der Waals surface area contributed by atoms with Gasteiger partial charge in [-0.3, -0.25) is 0 Å². The predicted molar refractivity (Wildman–Crippen MR) is 55.5 cm³/mol. The summed E-state index contributed by atoms with van der Waals surface area (Å²) in [4.78, 5) is 0. The number of benzene rings is 1. The molecule has 0 heterocycles. The lowest BCUT2D eigenvalue weighted by molar-refractivity contribution is 0.358. The summed E-state index contributed by atoms with van der Waals surface area (Å²) < 4.78 is 10.2. The van der Waals surface area contributed by atoms with Crippen molar-refractivity contribution in [3.63, 3.8) is 0 Å². The first-order valence-electron chi connectivity index (χ1n) is 4.15. The molecular weight excluding hydrogens is 204 g/mol. The largest absolute Gasteiger partial charge is 0.504 e. The third-order valence-electron chi connectivity index (χ3n) is 2.07. The lowest BCUT2D eigenvalue weighted by atomic mass is 10.1. The number of ether oxygens (including phenoxy) is 2. The van der Waals surface area contributed by atoms with Crippen molar-refractivity contribution in [1.82, 2.24) is 0 Å². The van der Waals surface area contributed by atoms with Crippen LogP contribution in [0.5, 0.6) is 17.2 Å². The number of hydrogen-bond donors (Lipinski definition) is 1. The quantitative estimate of drug-likeness (QED) is 0.789. The Morgan fingerprint density at radius 2 is 1.86 bits per heavy atom. The summed E-state index contributed by atoms with van der Waals surface area (Å²) in [5.41, 5.74) is 1.51. The predicted octanol–water partition coefficient (Wildman–Crippen LogP) is 2.46. The van der Waals surface area contributed by atoms with Crippen molar-refractivity contribution in [2.24, 2.45) is 0 Å². The second-order valence-corrected chi connectivity index (χ2v) is 3.15. The molecule has 0 aliphatic heterocycles. The summed E-state index contributed by atoms with van der Waals surface area (Å²) in [6, 6.07) is 1.55. The molecule has 0 aliphatic carbocycles. The number of methoxy groups -OCH3 is 2. The number of rotatable bonds is 3. The molecule has 0 aliphatic rings. The Kier molecular flexibility index (Phi) is 3.47. The molecule has 0 amide bonds. The highest BCUT2D eigenvalue weighted by Crippen LogP contribution is 2.39. The Morgan fingerprint density at radius 1 is 1.29 bits per heavy atom. The SMILES string of the molecule is COc1c(O)cc(CCl)c(OC)c1C. The van der Waals surface area contributed by atoms with Crippen molar-refractivity contribution in [3.05, 3.63) is 17.2 Å². The van der Waals surface area contributed by atoms with Crippen LogP contribution in [0.3, 0.4) is 0 Å². The highest BCUT2D eigenvalue weighted by molar-refractivity contribution is 6.17. The van der Waals surface area contributed by atoms with Gasteiger partial charge in [-0.2, -0.15) is 0 Å². The van der Waals surface area contributed by atoms with Crippen LogP contribution in [0, 0.1) is 6.92 Å². The zero-order chi connectivity index (χ0) is 10.7. The minimum atomic E-state index is 0.0847. The van der Waals surface area contributed by atoms with E-state index in [0.717, 1.165) is 11.1 Å². The molecule has 0 spiro atoms. The van der Waals surface area contributed by atoms with Gasteiger partial charge in [-0.15, -0.1) is 11.6 Å². The minimum absolute atomic E-state index is 0.0847. The molecule has 0 atom stereocenters. The first-order chi connectivity index (χ1) is 6.65. The van der Waals surface area contributed by atoms with Gasteiger partial charge in [0.15, 0.2) is 11.5 Å². The molecule has 1 rings (SSSR count). The van der Waals surface area contributed by atoms with E-state index in [4.69, 9.17) is 21.1 Å². The summed E-state index contributed by atoms with van der Waals surface area (Å²) in [6.45, 7) is 1.81. The maximum Gasteiger partial charge on any atom is 0.167 e. The molecule has 14 heavy (non-hydrogen) atoms. The summed E-state index contributed by atoms with van der Waals surface area (Å²) in [5, 5.41) is 9.58. The lowest BCUT2D eigenvalue weighted by Gasteiger charge is -2.14. The molecular formula is C10H13ClO3. The molecule has 1 N–H and O–H groups in total. The number of phenols is 1. The summed E-state index contributed by atoms with van der Waals surface area (Å²) in [7, 11) is 3.07. The Bertz CT molecular complexity index is 337. The van der Waals surface area contributed by atoms with Crippen molar-refractivity contribution >= 4 is 11.6 Å². The van der Waals surface area contributed by atoms with Crippen LogP contribution in [0.1, 0.15) is 11.1 Å². The number of aromatic hydroxyl groups is 1. The number of phenolic OH excluding ortho intramolecular Hbond substituents is 1. The van der Waals surface area contributed by atoms with Crippen molar-refractivity contribution in [2.45, 2.75) is 12.8 Å². The standard InChI is InChI=1S/C10H13ClO3/c1-6-9(13-2)7(5-11)4-8(12)10(6)14-3/h4,12H,5H2,1-3H3. The van der Waals surface area contributed by atoms with Crippen LogP contribution in [0.15, 0.2) is 6.07 Å². The van der Waals surface area contributed by atoms with Gasteiger partial charge in [0.1, 0.15) is 5.75 Å². The third kappa shape index (κ3) is 1.73. The fraction of sp³-hybridized carbons (Fsp3) is 0.400. The number of alkyl halides is 1. The van der Waals surface area contributed by atoms with Crippen LogP contribution in [-0.2, 0) is 5.88 Å². The number of halogens is 1. The van der Waals surface area contributed by atoms with E-state index in [9.17, 15) is 5.11 Å². The van der Waals surface area contributed by atoms with Crippen LogP contribution in [-0.4, -0.2) is 19.3 Å². The average Bonchev–Trinajstić information content (AvgIpc) is 2.17. The zero-order valence-corrected chi connectivity index (χ0v) is 9.18. The Hall–Kier alpha value is -1.09. The monoisotopic (exact) mass is 216 g/mol. The third-order valence-corrected chi connectivity index (χ3v) is 2.36. The van der Waals surface area contributed by atoms with E-state index >= 15 is 0 Å². The van der Waals surface area contributed by atoms with Crippen LogP contribution in [0.25, 0.3) is 0 Å². The molecule has 1 aromatic rings. The highest BCUT2D eigenvalue weighted by atomic mass is 35.5. The van der Waals surface area contributed by atoms with Crippen molar-refractivity contribution < 1.29 is 14.6 Å². The van der Waals surface area contributed by atoms with Crippen molar-refractivity contribution in [2.75, 3.05) is 14.2 Å². The molecule has 0 fully saturated rings. The van der Waals surface area contributed by atoms with E-state index in [0.29, 0.717) is 17.4 Å². The first kappa shape index (κ1) is 11.0. The van der Waals surface area contributed by atoms with Crippen LogP contribution in [0.4, 0.5) is 0 Å². The van der Waals surface area contributed by atoms with Gasteiger partial charge >= 0.3 is 0 Å². The summed E-state index contributed by atoms with van der Waals surface area (Å²) in [5.74, 6) is 1.47. The summed E-state index contributed by atoms with van der Waals surface area (Å²) >= 11 is 5.72. The van der Waals surface area contributed by atoms with Crippen LogP contribution < -0.4 is 9.47 Å². The molecule has 0 radical (unpaired) electrons. The zero-order valence-electron chi connectivity index (χ0n) is 8.43. The van der Waals surface area contributed by atoms with Gasteiger partial charge in [0.05, 0.1) is 20.1 Å². The molecule has 0 saturated heterocycles. The molecule has 3 nitrogen and oxygen atoms in total.